The Labute approximate surface area is 141 Å². The predicted molar refractivity (Wildman–Crippen MR) is 89.3 cm³/mol. The van der Waals surface area contributed by atoms with E-state index in [2.05, 4.69) is 15.3 Å². The van der Waals surface area contributed by atoms with Crippen LogP contribution in [0.15, 0.2) is 30.6 Å². The van der Waals surface area contributed by atoms with E-state index >= 15 is 0 Å². The second-order valence-corrected chi connectivity index (χ2v) is 6.35. The molecule has 2 aliphatic rings. The fraction of sp³-hybridized carbons (Fsp3) is 0.444. The van der Waals surface area contributed by atoms with E-state index < -0.39 is 0 Å². The summed E-state index contributed by atoms with van der Waals surface area (Å²) in [7, 11) is 0. The van der Waals surface area contributed by atoms with E-state index in [1.807, 2.05) is 23.2 Å². The van der Waals surface area contributed by atoms with Crippen LogP contribution in [0.25, 0.3) is 0 Å². The van der Waals surface area contributed by atoms with Gasteiger partial charge in [-0.25, -0.2) is 9.97 Å². The number of hydrogen-bond donors (Lipinski definition) is 1. The van der Waals surface area contributed by atoms with Crippen molar-refractivity contribution < 1.29 is 4.79 Å². The molecule has 0 saturated carbocycles. The average Bonchev–Trinajstić information content (AvgIpc) is 2.68. The van der Waals surface area contributed by atoms with E-state index in [0.29, 0.717) is 5.69 Å². The van der Waals surface area contributed by atoms with Crippen LogP contribution in [-0.4, -0.2) is 38.8 Å². The van der Waals surface area contributed by atoms with Gasteiger partial charge in [0, 0.05) is 49.7 Å². The van der Waals surface area contributed by atoms with Crippen LogP contribution in [0.1, 0.15) is 52.9 Å². The molecule has 1 amide bonds. The molecule has 0 aromatic carbocycles. The maximum Gasteiger partial charge on any atom is 0.273 e. The number of carbonyl (C=O) groups is 1. The van der Waals surface area contributed by atoms with Crippen LogP contribution in [-0.2, 0) is 13.0 Å². The number of carbonyl (C=O) groups excluding carboxylic acids is 1. The molecule has 0 spiro atoms. The fourth-order valence-corrected chi connectivity index (χ4v) is 3.49. The minimum Gasteiger partial charge on any atom is -0.327 e. The minimum atomic E-state index is -0.0477. The SMILES string of the molecule is O=C(c1ccccn1)N1CCCC[C@H]1c1ncc2c(n1)CCNC2. The number of likely N-dealkylation sites (tertiary alicyclic amines) is 1. The molecule has 4 rings (SSSR count). The summed E-state index contributed by atoms with van der Waals surface area (Å²) in [5, 5.41) is 3.34. The Morgan fingerprint density at radius 2 is 2.21 bits per heavy atom. The first-order valence-corrected chi connectivity index (χ1v) is 8.60. The normalized spacial score (nSPS) is 20.5. The van der Waals surface area contributed by atoms with Gasteiger partial charge in [0.2, 0.25) is 0 Å². The largest absolute Gasteiger partial charge is 0.327 e. The zero-order valence-corrected chi connectivity index (χ0v) is 13.6. The van der Waals surface area contributed by atoms with Gasteiger partial charge >= 0.3 is 0 Å². The average molecular weight is 323 g/mol. The summed E-state index contributed by atoms with van der Waals surface area (Å²) < 4.78 is 0. The second kappa shape index (κ2) is 6.65. The molecule has 6 heteroatoms. The van der Waals surface area contributed by atoms with E-state index in [4.69, 9.17) is 4.98 Å². The van der Waals surface area contributed by atoms with Crippen molar-refractivity contribution >= 4 is 5.91 Å². The van der Waals surface area contributed by atoms with Gasteiger partial charge in [0.25, 0.3) is 5.91 Å². The Kier molecular flexibility index (Phi) is 4.21. The molecule has 0 bridgehead atoms. The highest BCUT2D eigenvalue weighted by atomic mass is 16.2. The minimum absolute atomic E-state index is 0.0247. The van der Waals surface area contributed by atoms with Crippen LogP contribution in [0.2, 0.25) is 0 Å². The molecule has 24 heavy (non-hydrogen) atoms. The Bertz CT molecular complexity index is 733. The monoisotopic (exact) mass is 323 g/mol. The van der Waals surface area contributed by atoms with E-state index in [1.165, 1.54) is 5.56 Å². The number of fused-ring (bicyclic) bond motifs is 1. The topological polar surface area (TPSA) is 71.0 Å². The van der Waals surface area contributed by atoms with Crippen molar-refractivity contribution in [3.8, 4) is 0 Å². The first-order valence-electron chi connectivity index (χ1n) is 8.60. The van der Waals surface area contributed by atoms with Crippen LogP contribution in [0.4, 0.5) is 0 Å². The first-order chi connectivity index (χ1) is 11.8. The molecule has 2 aliphatic heterocycles. The highest BCUT2D eigenvalue weighted by Gasteiger charge is 2.31. The second-order valence-electron chi connectivity index (χ2n) is 6.35. The van der Waals surface area contributed by atoms with Crippen molar-refractivity contribution in [2.24, 2.45) is 0 Å². The number of aromatic nitrogens is 3. The molecular weight excluding hydrogens is 302 g/mol. The highest BCUT2D eigenvalue weighted by molar-refractivity contribution is 5.92. The summed E-state index contributed by atoms with van der Waals surface area (Å²) in [6, 6.07) is 5.40. The molecule has 2 aromatic rings. The van der Waals surface area contributed by atoms with E-state index in [0.717, 1.165) is 56.8 Å². The van der Waals surface area contributed by atoms with E-state index in [9.17, 15) is 4.79 Å². The van der Waals surface area contributed by atoms with Gasteiger partial charge in [-0.3, -0.25) is 9.78 Å². The number of nitrogens with zero attached hydrogens (tertiary/aromatic N) is 4. The van der Waals surface area contributed by atoms with Crippen LogP contribution in [0, 0.1) is 0 Å². The Morgan fingerprint density at radius 1 is 1.25 bits per heavy atom. The molecule has 1 fully saturated rings. The summed E-state index contributed by atoms with van der Waals surface area (Å²) in [5.41, 5.74) is 2.78. The molecule has 124 valence electrons. The molecule has 0 unspecified atom stereocenters. The van der Waals surface area contributed by atoms with Gasteiger partial charge < -0.3 is 10.2 Å². The van der Waals surface area contributed by atoms with Gasteiger partial charge in [-0.1, -0.05) is 6.07 Å². The van der Waals surface area contributed by atoms with Crippen molar-refractivity contribution in [3.05, 3.63) is 53.4 Å². The lowest BCUT2D eigenvalue weighted by atomic mass is 10.00. The zero-order chi connectivity index (χ0) is 16.4. The van der Waals surface area contributed by atoms with E-state index in [1.54, 1.807) is 12.3 Å². The lowest BCUT2D eigenvalue weighted by molar-refractivity contribution is 0.0593. The third kappa shape index (κ3) is 2.89. The lowest BCUT2D eigenvalue weighted by Crippen LogP contribution is -2.40. The lowest BCUT2D eigenvalue weighted by Gasteiger charge is -2.35. The van der Waals surface area contributed by atoms with Crippen molar-refractivity contribution in [1.82, 2.24) is 25.2 Å². The van der Waals surface area contributed by atoms with Crippen LogP contribution in [0.5, 0.6) is 0 Å². The quantitative estimate of drug-likeness (QED) is 0.914. The molecule has 1 atom stereocenters. The number of nitrogens with one attached hydrogen (secondary N) is 1. The number of piperidine rings is 1. The molecule has 1 N–H and O–H groups in total. The van der Waals surface area contributed by atoms with Crippen molar-refractivity contribution in [2.75, 3.05) is 13.1 Å². The highest BCUT2D eigenvalue weighted by Crippen LogP contribution is 2.30. The summed E-state index contributed by atoms with van der Waals surface area (Å²) in [6.07, 6.45) is 7.53. The van der Waals surface area contributed by atoms with Gasteiger partial charge in [-0.2, -0.15) is 0 Å². The predicted octanol–water partition coefficient (Wildman–Crippen LogP) is 1.88. The maximum absolute atomic E-state index is 12.9. The molecule has 1 saturated heterocycles. The standard InChI is InChI=1S/C18H21N5O/c24-18(15-5-1-3-8-20-15)23-10-4-2-6-16(23)17-21-12-13-11-19-9-7-14(13)22-17/h1,3,5,8,12,16,19H,2,4,6-7,9-11H2/t16-/m0/s1. The third-order valence-corrected chi connectivity index (χ3v) is 4.77. The summed E-state index contributed by atoms with van der Waals surface area (Å²) in [4.78, 5) is 28.4. The maximum atomic E-state index is 12.9. The summed E-state index contributed by atoms with van der Waals surface area (Å²) >= 11 is 0. The first kappa shape index (κ1) is 15.2. The Morgan fingerprint density at radius 3 is 3.08 bits per heavy atom. The number of hydrogen-bond acceptors (Lipinski definition) is 5. The van der Waals surface area contributed by atoms with Gasteiger partial charge in [0.05, 0.1) is 6.04 Å². The summed E-state index contributed by atoms with van der Waals surface area (Å²) in [5.74, 6) is 0.753. The number of rotatable bonds is 2. The third-order valence-electron chi connectivity index (χ3n) is 4.77. The van der Waals surface area contributed by atoms with Crippen molar-refractivity contribution in [2.45, 2.75) is 38.3 Å². The van der Waals surface area contributed by atoms with Crippen LogP contribution < -0.4 is 5.32 Å². The smallest absolute Gasteiger partial charge is 0.273 e. The Balaban J connectivity index is 1.63. The van der Waals surface area contributed by atoms with Crippen LogP contribution >= 0.6 is 0 Å². The van der Waals surface area contributed by atoms with E-state index in [-0.39, 0.29) is 11.9 Å². The molecule has 0 aliphatic carbocycles. The van der Waals surface area contributed by atoms with Gasteiger partial charge in [-0.05, 0) is 31.4 Å². The molecule has 0 radical (unpaired) electrons. The molecular formula is C18H21N5O. The van der Waals surface area contributed by atoms with Crippen molar-refractivity contribution in [3.63, 3.8) is 0 Å². The molecule has 6 nitrogen and oxygen atoms in total. The van der Waals surface area contributed by atoms with Gasteiger partial charge in [0.1, 0.15) is 5.69 Å². The number of amides is 1. The zero-order valence-electron chi connectivity index (χ0n) is 13.6. The van der Waals surface area contributed by atoms with Crippen LogP contribution in [0.3, 0.4) is 0 Å². The fourth-order valence-electron chi connectivity index (χ4n) is 3.49. The number of pyridine rings is 1. The Hall–Kier alpha value is -2.34. The molecule has 4 heterocycles. The van der Waals surface area contributed by atoms with Gasteiger partial charge in [-0.15, -0.1) is 0 Å². The summed E-state index contributed by atoms with van der Waals surface area (Å²) in [6.45, 7) is 2.52. The van der Waals surface area contributed by atoms with Gasteiger partial charge in [0.15, 0.2) is 5.82 Å². The molecule has 2 aromatic heterocycles. The van der Waals surface area contributed by atoms with Crippen molar-refractivity contribution in [1.29, 1.82) is 0 Å².